The highest BCUT2D eigenvalue weighted by Crippen LogP contribution is 2.31. The van der Waals surface area contributed by atoms with E-state index < -0.39 is 5.41 Å². The number of allylic oxidation sites excluding steroid dienone is 2. The molecule has 0 bridgehead atoms. The van der Waals surface area contributed by atoms with Gasteiger partial charge in [0.05, 0.1) is 5.57 Å². The van der Waals surface area contributed by atoms with Crippen LogP contribution in [0.2, 0.25) is 0 Å². The largest absolute Gasteiger partial charge is 0.378 e. The molecule has 0 aliphatic heterocycles. The molecule has 0 atom stereocenters. The summed E-state index contributed by atoms with van der Waals surface area (Å²) in [5.41, 5.74) is 5.30. The van der Waals surface area contributed by atoms with Crippen LogP contribution in [0.1, 0.15) is 47.8 Å². The van der Waals surface area contributed by atoms with E-state index in [1.165, 1.54) is 0 Å². The van der Waals surface area contributed by atoms with Crippen molar-refractivity contribution in [3.63, 3.8) is 0 Å². The monoisotopic (exact) mass is 375 g/mol. The van der Waals surface area contributed by atoms with Gasteiger partial charge in [-0.1, -0.05) is 50.1 Å². The van der Waals surface area contributed by atoms with Crippen LogP contribution in [-0.2, 0) is 0 Å². The van der Waals surface area contributed by atoms with Crippen LogP contribution >= 0.6 is 0 Å². The van der Waals surface area contributed by atoms with E-state index in [-0.39, 0.29) is 5.91 Å². The van der Waals surface area contributed by atoms with E-state index in [0.29, 0.717) is 16.8 Å². The molecule has 2 aromatic carbocycles. The molecule has 4 nitrogen and oxygen atoms in total. The number of carbonyl (C=O) groups excluding carboxylic acids is 1. The predicted octanol–water partition coefficient (Wildman–Crippen LogP) is 5.08. The van der Waals surface area contributed by atoms with Crippen LogP contribution in [0.4, 0.5) is 5.69 Å². The molecule has 0 aliphatic rings. The molecule has 0 aromatic heterocycles. The Morgan fingerprint density at radius 2 is 1.50 bits per heavy atom. The van der Waals surface area contributed by atoms with Crippen molar-refractivity contribution >= 4 is 17.2 Å². The molecule has 0 aliphatic carbocycles. The number of aryl methyl sites for hydroxylation is 2. The zero-order chi connectivity index (χ0) is 21.1. The zero-order valence-electron chi connectivity index (χ0n) is 17.8. The van der Waals surface area contributed by atoms with E-state index in [9.17, 15) is 10.1 Å². The molecule has 0 heterocycles. The Hall–Kier alpha value is -3.06. The third-order valence-corrected chi connectivity index (χ3v) is 4.51. The predicted molar refractivity (Wildman–Crippen MR) is 116 cm³/mol. The van der Waals surface area contributed by atoms with Gasteiger partial charge in [-0.15, -0.1) is 0 Å². The molecular weight excluding hydrogens is 346 g/mol. The average Bonchev–Trinajstić information content (AvgIpc) is 2.59. The van der Waals surface area contributed by atoms with Gasteiger partial charge < -0.3 is 10.2 Å². The highest BCUT2D eigenvalue weighted by atomic mass is 16.1. The molecule has 0 unspecified atom stereocenters. The summed E-state index contributed by atoms with van der Waals surface area (Å²) in [5.74, 6) is -0.215. The Labute approximate surface area is 168 Å². The van der Waals surface area contributed by atoms with Gasteiger partial charge in [0.1, 0.15) is 6.07 Å². The minimum Gasteiger partial charge on any atom is -0.378 e. The molecule has 0 fully saturated rings. The number of nitrogens with one attached hydrogen (secondary N) is 1. The molecule has 2 rings (SSSR count). The van der Waals surface area contributed by atoms with Gasteiger partial charge in [-0.3, -0.25) is 4.79 Å². The summed E-state index contributed by atoms with van der Waals surface area (Å²) in [7, 11) is 3.91. The summed E-state index contributed by atoms with van der Waals surface area (Å²) in [5, 5.41) is 12.9. The topological polar surface area (TPSA) is 56.1 Å². The Balaban J connectivity index is 2.49. The second kappa shape index (κ2) is 8.31. The number of benzene rings is 2. The lowest BCUT2D eigenvalue weighted by Gasteiger charge is -2.26. The highest BCUT2D eigenvalue weighted by molar-refractivity contribution is 5.97. The van der Waals surface area contributed by atoms with E-state index in [4.69, 9.17) is 0 Å². The first-order chi connectivity index (χ1) is 13.0. The van der Waals surface area contributed by atoms with Crippen LogP contribution in [-0.4, -0.2) is 20.0 Å². The van der Waals surface area contributed by atoms with Gasteiger partial charge in [0, 0.05) is 36.5 Å². The van der Waals surface area contributed by atoms with Crippen molar-refractivity contribution in [2.75, 3.05) is 19.0 Å². The Bertz CT molecular complexity index is 919. The maximum Gasteiger partial charge on any atom is 0.255 e. The lowest BCUT2D eigenvalue weighted by atomic mass is 9.86. The van der Waals surface area contributed by atoms with Gasteiger partial charge in [-0.2, -0.15) is 5.26 Å². The van der Waals surface area contributed by atoms with Crippen LogP contribution < -0.4 is 10.2 Å². The van der Waals surface area contributed by atoms with Crippen molar-refractivity contribution in [1.29, 1.82) is 5.26 Å². The van der Waals surface area contributed by atoms with Crippen LogP contribution in [0.15, 0.2) is 48.2 Å². The number of rotatable bonds is 4. The van der Waals surface area contributed by atoms with Gasteiger partial charge in [-0.05, 0) is 43.7 Å². The molecular formula is C24H29N3O. The fourth-order valence-electron chi connectivity index (χ4n) is 3.11. The van der Waals surface area contributed by atoms with E-state index in [1.54, 1.807) is 12.1 Å². The van der Waals surface area contributed by atoms with Crippen molar-refractivity contribution in [3.8, 4) is 6.07 Å². The van der Waals surface area contributed by atoms with Crippen molar-refractivity contribution in [3.05, 3.63) is 70.4 Å². The first-order valence-corrected chi connectivity index (χ1v) is 9.35. The molecule has 2 aromatic rings. The molecule has 1 amide bonds. The summed E-state index contributed by atoms with van der Waals surface area (Å²) in [6.45, 7) is 10.0. The Morgan fingerprint density at radius 3 is 1.93 bits per heavy atom. The van der Waals surface area contributed by atoms with Crippen LogP contribution in [0.5, 0.6) is 0 Å². The lowest BCUT2D eigenvalue weighted by Crippen LogP contribution is -2.31. The first-order valence-electron chi connectivity index (χ1n) is 9.35. The number of anilines is 1. The van der Waals surface area contributed by atoms with Crippen molar-refractivity contribution in [1.82, 2.24) is 5.32 Å². The zero-order valence-corrected chi connectivity index (χ0v) is 17.8. The number of nitrogens with zero attached hydrogens (tertiary/aromatic N) is 2. The number of carbonyl (C=O) groups is 1. The van der Waals surface area contributed by atoms with E-state index in [2.05, 4.69) is 17.5 Å². The number of amides is 1. The Kier molecular flexibility index (Phi) is 6.30. The molecule has 0 saturated heterocycles. The van der Waals surface area contributed by atoms with Crippen molar-refractivity contribution in [2.45, 2.75) is 34.6 Å². The summed E-state index contributed by atoms with van der Waals surface area (Å²) in [4.78, 5) is 14.9. The standard InChI is InChI=1S/C24H29N3O/c1-16-12-17(2)14-19(13-16)21(15-25)22(24(3,4)5)26-23(28)18-8-10-20(11-9-18)27(6)7/h8-14H,1-7H3,(H,26,28)/b22-21-. The first kappa shape index (κ1) is 21.2. The van der Waals surface area contributed by atoms with Crippen LogP contribution in [0.25, 0.3) is 5.57 Å². The van der Waals surface area contributed by atoms with Gasteiger partial charge in [-0.25, -0.2) is 0 Å². The van der Waals surface area contributed by atoms with E-state index in [0.717, 1.165) is 22.4 Å². The molecule has 1 N–H and O–H groups in total. The normalized spacial score (nSPS) is 12.1. The summed E-state index contributed by atoms with van der Waals surface area (Å²) in [6.07, 6.45) is 0. The van der Waals surface area contributed by atoms with Gasteiger partial charge in [0.25, 0.3) is 5.91 Å². The summed E-state index contributed by atoms with van der Waals surface area (Å²) >= 11 is 0. The number of hydrogen-bond acceptors (Lipinski definition) is 3. The maximum absolute atomic E-state index is 12.9. The van der Waals surface area contributed by atoms with Crippen LogP contribution in [0.3, 0.4) is 0 Å². The SMILES string of the molecule is Cc1cc(C)cc(/C(C#N)=C(\NC(=O)c2ccc(N(C)C)cc2)C(C)(C)C)c1. The third kappa shape index (κ3) is 5.01. The summed E-state index contributed by atoms with van der Waals surface area (Å²) < 4.78 is 0. The minimum atomic E-state index is -0.401. The summed E-state index contributed by atoms with van der Waals surface area (Å²) in [6, 6.07) is 15.8. The lowest BCUT2D eigenvalue weighted by molar-refractivity contribution is 0.0958. The second-order valence-electron chi connectivity index (χ2n) is 8.38. The highest BCUT2D eigenvalue weighted by Gasteiger charge is 2.25. The molecule has 0 spiro atoms. The smallest absolute Gasteiger partial charge is 0.255 e. The quantitative estimate of drug-likeness (QED) is 0.758. The molecule has 146 valence electrons. The fourth-order valence-corrected chi connectivity index (χ4v) is 3.11. The van der Waals surface area contributed by atoms with E-state index in [1.807, 2.05) is 77.9 Å². The minimum absolute atomic E-state index is 0.215. The maximum atomic E-state index is 12.9. The van der Waals surface area contributed by atoms with Gasteiger partial charge in [0.2, 0.25) is 0 Å². The van der Waals surface area contributed by atoms with Crippen molar-refractivity contribution < 1.29 is 4.79 Å². The molecule has 28 heavy (non-hydrogen) atoms. The molecule has 4 heteroatoms. The van der Waals surface area contributed by atoms with Gasteiger partial charge in [0.15, 0.2) is 0 Å². The fraction of sp³-hybridized carbons (Fsp3) is 0.333. The third-order valence-electron chi connectivity index (χ3n) is 4.51. The van der Waals surface area contributed by atoms with E-state index >= 15 is 0 Å². The molecule has 0 saturated carbocycles. The average molecular weight is 376 g/mol. The van der Waals surface area contributed by atoms with Gasteiger partial charge >= 0.3 is 0 Å². The second-order valence-corrected chi connectivity index (χ2v) is 8.38. The van der Waals surface area contributed by atoms with Crippen LogP contribution in [0, 0.1) is 30.6 Å². The Morgan fingerprint density at radius 1 is 0.964 bits per heavy atom. The molecule has 0 radical (unpaired) electrons. The van der Waals surface area contributed by atoms with Crippen molar-refractivity contribution in [2.24, 2.45) is 5.41 Å². The number of nitriles is 1. The number of hydrogen-bond donors (Lipinski definition) is 1.